The fourth-order valence-corrected chi connectivity index (χ4v) is 3.90. The highest BCUT2D eigenvalue weighted by Gasteiger charge is 2.29. The van der Waals surface area contributed by atoms with Crippen molar-refractivity contribution in [2.24, 2.45) is 5.92 Å². The number of carbonyl (C=O) groups is 2. The van der Waals surface area contributed by atoms with Crippen LogP contribution in [0.4, 0.5) is 5.82 Å². The van der Waals surface area contributed by atoms with Gasteiger partial charge in [-0.2, -0.15) is 0 Å². The molecule has 2 aliphatic heterocycles. The Morgan fingerprint density at radius 1 is 1.21 bits per heavy atom. The first-order valence-corrected chi connectivity index (χ1v) is 10.3. The van der Waals surface area contributed by atoms with E-state index in [2.05, 4.69) is 9.88 Å². The third kappa shape index (κ3) is 4.58. The number of carbonyl (C=O) groups excluding carboxylic acids is 2. The van der Waals surface area contributed by atoms with Gasteiger partial charge in [-0.15, -0.1) is 0 Å². The Morgan fingerprint density at radius 2 is 1.86 bits per heavy atom. The summed E-state index contributed by atoms with van der Waals surface area (Å²) < 4.78 is 5.29. The molecule has 2 amide bonds. The molecule has 0 unspecified atom stereocenters. The topological polar surface area (TPSA) is 66.0 Å². The third-order valence-electron chi connectivity index (χ3n) is 5.63. The number of morpholine rings is 1. The minimum absolute atomic E-state index is 0.0459. The smallest absolute Gasteiger partial charge is 0.255 e. The summed E-state index contributed by atoms with van der Waals surface area (Å²) in [7, 11) is 1.86. The van der Waals surface area contributed by atoms with Crippen molar-refractivity contribution in [2.75, 3.05) is 51.3 Å². The molecule has 8 heteroatoms. The normalized spacial score (nSPS) is 18.5. The Balaban J connectivity index is 1.62. The van der Waals surface area contributed by atoms with Crippen LogP contribution < -0.4 is 4.90 Å². The minimum atomic E-state index is -0.0646. The zero-order valence-electron chi connectivity index (χ0n) is 16.9. The van der Waals surface area contributed by atoms with Crippen LogP contribution in [0.5, 0.6) is 0 Å². The van der Waals surface area contributed by atoms with Crippen molar-refractivity contribution in [2.45, 2.75) is 32.7 Å². The van der Waals surface area contributed by atoms with Crippen molar-refractivity contribution in [3.05, 3.63) is 22.8 Å². The summed E-state index contributed by atoms with van der Waals surface area (Å²) in [5.74, 6) is 0.873. The molecule has 0 radical (unpaired) electrons. The molecule has 1 aromatic heterocycles. The van der Waals surface area contributed by atoms with Crippen LogP contribution in [0.25, 0.3) is 0 Å². The number of nitrogens with zero attached hydrogens (tertiary/aromatic N) is 4. The van der Waals surface area contributed by atoms with E-state index in [4.69, 9.17) is 16.3 Å². The lowest BCUT2D eigenvalue weighted by Crippen LogP contribution is -2.43. The summed E-state index contributed by atoms with van der Waals surface area (Å²) >= 11 is 6.46. The second-order valence-electron chi connectivity index (χ2n) is 7.74. The van der Waals surface area contributed by atoms with Gasteiger partial charge in [-0.3, -0.25) is 9.59 Å². The van der Waals surface area contributed by atoms with Gasteiger partial charge in [0.25, 0.3) is 5.91 Å². The molecule has 0 atom stereocenters. The second-order valence-corrected chi connectivity index (χ2v) is 8.15. The number of rotatable bonds is 4. The van der Waals surface area contributed by atoms with Gasteiger partial charge in [-0.05, 0) is 32.8 Å². The van der Waals surface area contributed by atoms with Gasteiger partial charge in [0.2, 0.25) is 5.91 Å². The number of amides is 2. The molecule has 0 N–H and O–H groups in total. The fourth-order valence-electron chi connectivity index (χ4n) is 3.61. The van der Waals surface area contributed by atoms with Gasteiger partial charge in [0.1, 0.15) is 5.82 Å². The molecule has 3 heterocycles. The summed E-state index contributed by atoms with van der Waals surface area (Å²) in [4.78, 5) is 35.3. The molecule has 0 bridgehead atoms. The van der Waals surface area contributed by atoms with Gasteiger partial charge < -0.3 is 19.4 Å². The molecule has 2 fully saturated rings. The van der Waals surface area contributed by atoms with Gasteiger partial charge in [-0.25, -0.2) is 4.98 Å². The maximum Gasteiger partial charge on any atom is 0.255 e. The molecule has 2 aliphatic rings. The number of halogens is 1. The van der Waals surface area contributed by atoms with E-state index < -0.39 is 0 Å². The highest BCUT2D eigenvalue weighted by Crippen LogP contribution is 2.29. The lowest BCUT2D eigenvalue weighted by Gasteiger charge is -2.35. The van der Waals surface area contributed by atoms with Crippen LogP contribution in [0.15, 0.2) is 12.3 Å². The lowest BCUT2D eigenvalue weighted by molar-refractivity contribution is -0.136. The van der Waals surface area contributed by atoms with Crippen molar-refractivity contribution < 1.29 is 14.3 Å². The predicted octanol–water partition coefficient (Wildman–Crippen LogP) is 2.29. The summed E-state index contributed by atoms with van der Waals surface area (Å²) in [6.07, 6.45) is 3.16. The van der Waals surface area contributed by atoms with Crippen LogP contribution in [-0.2, 0) is 9.53 Å². The highest BCUT2D eigenvalue weighted by molar-refractivity contribution is 6.33. The van der Waals surface area contributed by atoms with E-state index in [0.29, 0.717) is 42.7 Å². The first-order chi connectivity index (χ1) is 13.4. The second kappa shape index (κ2) is 9.09. The average molecular weight is 409 g/mol. The molecular weight excluding hydrogens is 380 g/mol. The van der Waals surface area contributed by atoms with Crippen molar-refractivity contribution >= 4 is 29.2 Å². The Bertz CT molecular complexity index is 713. The largest absolute Gasteiger partial charge is 0.378 e. The monoisotopic (exact) mass is 408 g/mol. The summed E-state index contributed by atoms with van der Waals surface area (Å²) in [6, 6.07) is 1.91. The summed E-state index contributed by atoms with van der Waals surface area (Å²) in [5.41, 5.74) is 0.499. The Hall–Kier alpha value is -1.86. The van der Waals surface area contributed by atoms with E-state index in [1.165, 1.54) is 0 Å². The van der Waals surface area contributed by atoms with Crippen LogP contribution in [0.2, 0.25) is 5.02 Å². The van der Waals surface area contributed by atoms with Crippen LogP contribution in [0.1, 0.15) is 37.0 Å². The number of piperidine rings is 1. The van der Waals surface area contributed by atoms with E-state index in [0.717, 1.165) is 25.9 Å². The molecule has 1 aromatic rings. The molecule has 154 valence electrons. The standard InChI is InChI=1S/C20H29ClN4O3/c1-14(2)23(3)19(26)15-4-6-24(7-5-15)18-17(21)12-16(13-22-18)20(27)25-8-10-28-11-9-25/h12-15H,4-11H2,1-3H3. The number of pyridine rings is 1. The maximum absolute atomic E-state index is 12.6. The van der Waals surface area contributed by atoms with E-state index in [1.54, 1.807) is 17.2 Å². The Kier molecular flexibility index (Phi) is 6.78. The predicted molar refractivity (Wildman–Crippen MR) is 109 cm³/mol. The Morgan fingerprint density at radius 3 is 2.43 bits per heavy atom. The van der Waals surface area contributed by atoms with E-state index in [1.807, 2.05) is 25.8 Å². The summed E-state index contributed by atoms with van der Waals surface area (Å²) in [6.45, 7) is 7.80. The van der Waals surface area contributed by atoms with Crippen molar-refractivity contribution in [1.82, 2.24) is 14.8 Å². The van der Waals surface area contributed by atoms with Crippen LogP contribution in [-0.4, -0.2) is 79.1 Å². The number of hydrogen-bond acceptors (Lipinski definition) is 5. The molecule has 28 heavy (non-hydrogen) atoms. The van der Waals surface area contributed by atoms with Crippen molar-refractivity contribution in [3.8, 4) is 0 Å². The van der Waals surface area contributed by atoms with Crippen LogP contribution in [0, 0.1) is 5.92 Å². The van der Waals surface area contributed by atoms with Crippen LogP contribution in [0.3, 0.4) is 0 Å². The van der Waals surface area contributed by atoms with Crippen LogP contribution >= 0.6 is 11.6 Å². The first kappa shape index (κ1) is 20.9. The van der Waals surface area contributed by atoms with Gasteiger partial charge in [0.15, 0.2) is 0 Å². The van der Waals surface area contributed by atoms with Gasteiger partial charge in [0, 0.05) is 51.4 Å². The molecule has 0 spiro atoms. The minimum Gasteiger partial charge on any atom is -0.378 e. The molecule has 0 aromatic carbocycles. The molecule has 7 nitrogen and oxygen atoms in total. The van der Waals surface area contributed by atoms with Crippen molar-refractivity contribution in [1.29, 1.82) is 0 Å². The zero-order valence-corrected chi connectivity index (χ0v) is 17.6. The van der Waals surface area contributed by atoms with E-state index in [-0.39, 0.29) is 23.8 Å². The third-order valence-corrected chi connectivity index (χ3v) is 5.91. The molecular formula is C20H29ClN4O3. The maximum atomic E-state index is 12.6. The number of anilines is 1. The van der Waals surface area contributed by atoms with E-state index >= 15 is 0 Å². The quantitative estimate of drug-likeness (QED) is 0.764. The van der Waals surface area contributed by atoms with Crippen molar-refractivity contribution in [3.63, 3.8) is 0 Å². The average Bonchev–Trinajstić information content (AvgIpc) is 2.72. The van der Waals surface area contributed by atoms with Gasteiger partial charge >= 0.3 is 0 Å². The molecule has 3 rings (SSSR count). The zero-order chi connectivity index (χ0) is 20.3. The number of hydrogen-bond donors (Lipinski definition) is 0. The highest BCUT2D eigenvalue weighted by atomic mass is 35.5. The molecule has 0 saturated carbocycles. The first-order valence-electron chi connectivity index (χ1n) is 9.92. The molecule has 0 aliphatic carbocycles. The molecule has 2 saturated heterocycles. The Labute approximate surface area is 171 Å². The number of aromatic nitrogens is 1. The summed E-state index contributed by atoms with van der Waals surface area (Å²) in [5, 5.41) is 0.475. The van der Waals surface area contributed by atoms with Gasteiger partial charge in [-0.1, -0.05) is 11.6 Å². The lowest BCUT2D eigenvalue weighted by atomic mass is 9.95. The SMILES string of the molecule is CC(C)N(C)C(=O)C1CCN(c2ncc(C(=O)N3CCOCC3)cc2Cl)CC1. The number of ether oxygens (including phenoxy) is 1. The fraction of sp³-hybridized carbons (Fsp3) is 0.650. The van der Waals surface area contributed by atoms with E-state index in [9.17, 15) is 9.59 Å². The van der Waals surface area contributed by atoms with Gasteiger partial charge in [0.05, 0.1) is 23.8 Å².